The van der Waals surface area contributed by atoms with Gasteiger partial charge < -0.3 is 9.67 Å². The maximum atomic E-state index is 13.8. The van der Waals surface area contributed by atoms with Crippen LogP contribution in [-0.2, 0) is 24.9 Å². The van der Waals surface area contributed by atoms with E-state index in [1.54, 1.807) is 0 Å². The number of imidazole rings is 1. The molecule has 0 atom stereocenters. The predicted octanol–water partition coefficient (Wildman–Crippen LogP) is 4.82. The van der Waals surface area contributed by atoms with Gasteiger partial charge >= 0.3 is 11.7 Å². The molecule has 2 aromatic heterocycles. The Morgan fingerprint density at radius 3 is 2.05 bits per heavy atom. The summed E-state index contributed by atoms with van der Waals surface area (Å²) >= 11 is 0. The van der Waals surface area contributed by atoms with Gasteiger partial charge in [-0.2, -0.15) is 0 Å². The second-order valence-electron chi connectivity index (χ2n) is 10.8. The highest BCUT2D eigenvalue weighted by Crippen LogP contribution is 2.28. The number of aliphatic carboxylic acids is 1. The van der Waals surface area contributed by atoms with Crippen LogP contribution in [0.4, 0.5) is 0 Å². The third kappa shape index (κ3) is 5.33. The number of aryl methyl sites for hydroxylation is 1. The van der Waals surface area contributed by atoms with E-state index in [-0.39, 0.29) is 11.2 Å². The number of fused-ring (bicyclic) bond motifs is 1. The normalized spacial score (nSPS) is 17.6. The quantitative estimate of drug-likeness (QED) is 0.465. The largest absolute Gasteiger partial charge is 0.478 e. The van der Waals surface area contributed by atoms with Crippen molar-refractivity contribution in [1.29, 1.82) is 0 Å². The molecule has 0 aliphatic heterocycles. The summed E-state index contributed by atoms with van der Waals surface area (Å²) in [7, 11) is 1.87. The zero-order valence-corrected chi connectivity index (χ0v) is 21.6. The van der Waals surface area contributed by atoms with E-state index in [9.17, 15) is 14.4 Å². The molecule has 0 spiro atoms. The third-order valence-electron chi connectivity index (χ3n) is 8.15. The minimum atomic E-state index is -1.00. The summed E-state index contributed by atoms with van der Waals surface area (Å²) in [5.74, 6) is 0.399. The molecule has 0 radical (unpaired) electrons. The molecule has 0 bridgehead atoms. The first-order valence-electron chi connectivity index (χ1n) is 13.6. The molecule has 0 unspecified atom stereocenters. The van der Waals surface area contributed by atoms with Crippen LogP contribution < -0.4 is 11.2 Å². The van der Waals surface area contributed by atoms with E-state index < -0.39 is 5.97 Å². The Hall–Kier alpha value is -3.42. The van der Waals surface area contributed by atoms with Crippen LogP contribution in [-0.4, -0.2) is 29.8 Å². The van der Waals surface area contributed by atoms with Crippen molar-refractivity contribution in [2.45, 2.75) is 77.3 Å². The fourth-order valence-corrected chi connectivity index (χ4v) is 6.14. The molecule has 2 heterocycles. The van der Waals surface area contributed by atoms with Crippen LogP contribution in [0.1, 0.15) is 69.8 Å². The van der Waals surface area contributed by atoms with Gasteiger partial charge in [0.1, 0.15) is 11.5 Å². The molecule has 3 aromatic rings. The average Bonchev–Trinajstić information content (AvgIpc) is 3.26. The van der Waals surface area contributed by atoms with Crippen LogP contribution in [0.2, 0.25) is 0 Å². The van der Waals surface area contributed by atoms with E-state index >= 15 is 0 Å². The van der Waals surface area contributed by atoms with Crippen molar-refractivity contribution in [2.75, 3.05) is 0 Å². The number of carboxylic acid groups (broad SMARTS) is 1. The highest BCUT2D eigenvalue weighted by atomic mass is 16.4. The summed E-state index contributed by atoms with van der Waals surface area (Å²) in [6.07, 6.45) is 14.1. The van der Waals surface area contributed by atoms with E-state index in [0.29, 0.717) is 41.9 Å². The fourth-order valence-electron chi connectivity index (χ4n) is 6.14. The Kier molecular flexibility index (Phi) is 7.44. The van der Waals surface area contributed by atoms with Gasteiger partial charge in [-0.25, -0.2) is 14.6 Å². The summed E-state index contributed by atoms with van der Waals surface area (Å²) in [6.45, 7) is 1.08. The molecular weight excluding hydrogens is 468 g/mol. The molecule has 1 aromatic carbocycles. The van der Waals surface area contributed by atoms with Gasteiger partial charge in [0.2, 0.25) is 0 Å². The molecular formula is C29H36N4O4. The molecule has 37 heavy (non-hydrogen) atoms. The number of carbonyl (C=O) groups is 1. The molecule has 2 fully saturated rings. The van der Waals surface area contributed by atoms with Crippen molar-refractivity contribution < 1.29 is 9.90 Å². The average molecular weight is 505 g/mol. The summed E-state index contributed by atoms with van der Waals surface area (Å²) in [5.41, 5.74) is 1.99. The first-order valence-corrected chi connectivity index (χ1v) is 13.6. The van der Waals surface area contributed by atoms with E-state index in [0.717, 1.165) is 55.7 Å². The van der Waals surface area contributed by atoms with Crippen molar-refractivity contribution in [3.05, 3.63) is 56.7 Å². The van der Waals surface area contributed by atoms with Crippen molar-refractivity contribution in [3.8, 4) is 11.4 Å². The van der Waals surface area contributed by atoms with Crippen molar-refractivity contribution in [3.63, 3.8) is 0 Å². The Labute approximate surface area is 216 Å². The Bertz CT molecular complexity index is 1420. The lowest BCUT2D eigenvalue weighted by molar-refractivity contribution is -0.131. The van der Waals surface area contributed by atoms with Gasteiger partial charge in [-0.05, 0) is 49.2 Å². The van der Waals surface area contributed by atoms with Gasteiger partial charge in [-0.15, -0.1) is 0 Å². The van der Waals surface area contributed by atoms with Crippen LogP contribution in [0.15, 0.2) is 39.9 Å². The maximum absolute atomic E-state index is 13.8. The number of aromatic nitrogens is 4. The summed E-state index contributed by atoms with van der Waals surface area (Å²) in [6, 6.07) is 7.38. The first-order chi connectivity index (χ1) is 17.9. The molecule has 1 N–H and O–H groups in total. The third-order valence-corrected chi connectivity index (χ3v) is 8.15. The zero-order valence-electron chi connectivity index (χ0n) is 21.6. The molecule has 8 heteroatoms. The standard InChI is InChI=1S/C29H36N4O4/c1-31-26(23-15-12-20(13-16-23)14-17-24(34)35)30-25-27(31)32(18-21-8-4-2-5-9-21)29(37)33(28(25)36)19-22-10-6-3-7-11-22/h12-17,21-22H,2-11,18-19H2,1H3,(H,34,35)/b17-14+. The summed E-state index contributed by atoms with van der Waals surface area (Å²) < 4.78 is 5.14. The van der Waals surface area contributed by atoms with Crippen molar-refractivity contribution in [2.24, 2.45) is 18.9 Å². The number of rotatable bonds is 7. The molecule has 196 valence electrons. The van der Waals surface area contributed by atoms with Crippen LogP contribution >= 0.6 is 0 Å². The SMILES string of the molecule is Cn1c(-c2ccc(/C=C/C(=O)O)cc2)nc2c(=O)n(CC3CCCCC3)c(=O)n(CC3CCCCC3)c21. The molecule has 5 rings (SSSR count). The lowest BCUT2D eigenvalue weighted by atomic mass is 9.89. The maximum Gasteiger partial charge on any atom is 0.332 e. The topological polar surface area (TPSA) is 99.1 Å². The smallest absolute Gasteiger partial charge is 0.332 e. The van der Waals surface area contributed by atoms with Crippen LogP contribution in [0.25, 0.3) is 28.6 Å². The van der Waals surface area contributed by atoms with Gasteiger partial charge in [0.15, 0.2) is 5.52 Å². The number of hydrogen-bond acceptors (Lipinski definition) is 4. The minimum Gasteiger partial charge on any atom is -0.478 e. The Morgan fingerprint density at radius 2 is 1.49 bits per heavy atom. The van der Waals surface area contributed by atoms with E-state index in [1.807, 2.05) is 40.4 Å². The molecule has 0 saturated heterocycles. The van der Waals surface area contributed by atoms with Crippen molar-refractivity contribution >= 4 is 23.2 Å². The summed E-state index contributed by atoms with van der Waals surface area (Å²) in [5, 5.41) is 8.88. The zero-order chi connectivity index (χ0) is 25.9. The summed E-state index contributed by atoms with van der Waals surface area (Å²) in [4.78, 5) is 43.2. The second kappa shape index (κ2) is 10.9. The van der Waals surface area contributed by atoms with E-state index in [2.05, 4.69) is 0 Å². The molecule has 2 saturated carbocycles. The fraction of sp³-hybridized carbons (Fsp3) is 0.517. The monoisotopic (exact) mass is 504 g/mol. The number of carboxylic acids is 1. The number of hydrogen-bond donors (Lipinski definition) is 1. The van der Waals surface area contributed by atoms with Gasteiger partial charge in [0.25, 0.3) is 5.56 Å². The lowest BCUT2D eigenvalue weighted by Gasteiger charge is -2.25. The molecule has 0 amide bonds. The predicted molar refractivity (Wildman–Crippen MR) is 144 cm³/mol. The lowest BCUT2D eigenvalue weighted by Crippen LogP contribution is -2.43. The number of benzene rings is 1. The van der Waals surface area contributed by atoms with Crippen LogP contribution in [0.3, 0.4) is 0 Å². The molecule has 2 aliphatic rings. The van der Waals surface area contributed by atoms with Crippen molar-refractivity contribution in [1.82, 2.24) is 18.7 Å². The minimum absolute atomic E-state index is 0.211. The van der Waals surface area contributed by atoms with Crippen LogP contribution in [0.5, 0.6) is 0 Å². The van der Waals surface area contributed by atoms with Crippen LogP contribution in [0, 0.1) is 11.8 Å². The highest BCUT2D eigenvalue weighted by Gasteiger charge is 2.25. The highest BCUT2D eigenvalue weighted by molar-refractivity contribution is 5.85. The van der Waals surface area contributed by atoms with E-state index in [4.69, 9.17) is 10.1 Å². The van der Waals surface area contributed by atoms with Gasteiger partial charge in [-0.1, -0.05) is 62.8 Å². The number of nitrogens with zero attached hydrogens (tertiary/aromatic N) is 4. The molecule has 8 nitrogen and oxygen atoms in total. The Morgan fingerprint density at radius 1 is 0.919 bits per heavy atom. The Balaban J connectivity index is 1.60. The van der Waals surface area contributed by atoms with Gasteiger partial charge in [0.05, 0.1) is 0 Å². The van der Waals surface area contributed by atoms with Gasteiger partial charge in [0, 0.05) is 31.8 Å². The van der Waals surface area contributed by atoms with Gasteiger partial charge in [-0.3, -0.25) is 13.9 Å². The molecule has 2 aliphatic carbocycles. The second-order valence-corrected chi connectivity index (χ2v) is 10.8. The van der Waals surface area contributed by atoms with E-state index in [1.165, 1.54) is 36.3 Å². The first kappa shape index (κ1) is 25.2.